The molecule has 0 saturated carbocycles. The van der Waals surface area contributed by atoms with Crippen LogP contribution in [0.15, 0.2) is 46.4 Å². The molecule has 2 aromatic carbocycles. The number of ether oxygens (including phenoxy) is 2. The van der Waals surface area contributed by atoms with E-state index in [1.54, 1.807) is 24.6 Å². The highest BCUT2D eigenvalue weighted by Gasteiger charge is 2.15. The largest absolute Gasteiger partial charge is 0.507 e. The lowest BCUT2D eigenvalue weighted by molar-refractivity contribution is 0.131. The third kappa shape index (κ3) is 19.7. The van der Waals surface area contributed by atoms with Gasteiger partial charge in [0.2, 0.25) is 0 Å². The average molecular weight is 721 g/mol. The Morgan fingerprint density at radius 3 is 1.25 bits per heavy atom. The van der Waals surface area contributed by atoms with Crippen LogP contribution in [0.4, 0.5) is 0 Å². The van der Waals surface area contributed by atoms with Gasteiger partial charge in [0.25, 0.3) is 0 Å². The van der Waals surface area contributed by atoms with E-state index in [2.05, 4.69) is 33.6 Å². The number of phenolic OH excluding ortho intramolecular Hbond substituents is 2. The minimum absolute atomic E-state index is 0.223. The van der Waals surface area contributed by atoms with E-state index in [4.69, 9.17) is 9.47 Å². The molecule has 1 heterocycles. The van der Waals surface area contributed by atoms with Gasteiger partial charge in [0, 0.05) is 75.0 Å². The molecule has 0 unspecified atom stereocenters. The zero-order chi connectivity index (χ0) is 36.9. The minimum atomic E-state index is 0.223. The summed E-state index contributed by atoms with van der Waals surface area (Å²) in [5, 5.41) is 20.9. The molecule has 0 atom stereocenters. The first-order chi connectivity index (χ1) is 25.6. The Balaban J connectivity index is 1.18. The van der Waals surface area contributed by atoms with E-state index in [1.165, 1.54) is 89.9 Å². The Morgan fingerprint density at radius 1 is 0.519 bits per heavy atom. The van der Waals surface area contributed by atoms with Gasteiger partial charge in [0.1, 0.15) is 23.0 Å². The van der Waals surface area contributed by atoms with Crippen molar-refractivity contribution in [3.63, 3.8) is 0 Å². The molecule has 2 N–H and O–H groups in total. The zero-order valence-electron chi connectivity index (χ0n) is 32.9. The summed E-state index contributed by atoms with van der Waals surface area (Å²) in [7, 11) is 0. The van der Waals surface area contributed by atoms with Crippen LogP contribution < -0.4 is 9.47 Å². The lowest BCUT2D eigenvalue weighted by atomic mass is 10.1. The van der Waals surface area contributed by atoms with Gasteiger partial charge in [0.15, 0.2) is 0 Å². The number of piperazine rings is 1. The SMILES string of the molecule is CCCCCCCCCCOc1ccc(C=NCCCN2CCN(CCCN=Cc3ccc(OCCCCCCCCCC)cc3O)CC2)c(O)c1. The standard InChI is InChI=1S/C44H72N4O4/c1-3-5-7-9-11-13-15-17-33-51-41-23-21-39(43(49)35-41)37-45-25-19-27-47-29-31-48(32-30-47)28-20-26-46-38-40-22-24-42(36-44(40)50)52-34-18-16-14-12-10-8-6-4-2/h21-24,35-38,49-50H,3-20,25-34H2,1-2H3. The second-order valence-corrected chi connectivity index (χ2v) is 14.5. The number of phenols is 2. The Labute approximate surface area is 316 Å². The molecule has 0 bridgehead atoms. The summed E-state index contributed by atoms with van der Waals surface area (Å²) < 4.78 is 11.7. The molecule has 52 heavy (non-hydrogen) atoms. The lowest BCUT2D eigenvalue weighted by Gasteiger charge is -2.34. The van der Waals surface area contributed by atoms with Crippen LogP contribution in [0.2, 0.25) is 0 Å². The summed E-state index contributed by atoms with van der Waals surface area (Å²) in [6, 6.07) is 11.0. The van der Waals surface area contributed by atoms with Crippen LogP contribution in [0.25, 0.3) is 0 Å². The minimum Gasteiger partial charge on any atom is -0.507 e. The van der Waals surface area contributed by atoms with Gasteiger partial charge in [-0.25, -0.2) is 0 Å². The van der Waals surface area contributed by atoms with Crippen LogP contribution in [0.5, 0.6) is 23.0 Å². The smallest absolute Gasteiger partial charge is 0.128 e. The summed E-state index contributed by atoms with van der Waals surface area (Å²) in [5.41, 5.74) is 1.47. The number of aliphatic imine (C=N–C) groups is 2. The van der Waals surface area contributed by atoms with Gasteiger partial charge in [-0.05, 0) is 63.0 Å². The molecule has 0 radical (unpaired) electrons. The molecule has 292 valence electrons. The molecule has 0 aromatic heterocycles. The molecular formula is C44H72N4O4. The Kier molecular flexibility index (Phi) is 23.7. The molecule has 1 fully saturated rings. The van der Waals surface area contributed by atoms with Gasteiger partial charge in [-0.15, -0.1) is 0 Å². The monoisotopic (exact) mass is 721 g/mol. The van der Waals surface area contributed by atoms with Gasteiger partial charge in [-0.1, -0.05) is 104 Å². The fourth-order valence-corrected chi connectivity index (χ4v) is 6.63. The Morgan fingerprint density at radius 2 is 0.885 bits per heavy atom. The first-order valence-electron chi connectivity index (χ1n) is 20.9. The molecule has 8 nitrogen and oxygen atoms in total. The molecule has 0 spiro atoms. The molecule has 1 aliphatic rings. The van der Waals surface area contributed by atoms with Crippen molar-refractivity contribution < 1.29 is 19.7 Å². The van der Waals surface area contributed by atoms with Crippen molar-refractivity contribution in [3.8, 4) is 23.0 Å². The number of aromatic hydroxyl groups is 2. The van der Waals surface area contributed by atoms with Crippen LogP contribution in [0.3, 0.4) is 0 Å². The van der Waals surface area contributed by atoms with Crippen molar-refractivity contribution in [2.75, 3.05) is 65.6 Å². The second-order valence-electron chi connectivity index (χ2n) is 14.5. The highest BCUT2D eigenvalue weighted by Crippen LogP contribution is 2.24. The van der Waals surface area contributed by atoms with Gasteiger partial charge in [-0.3, -0.25) is 9.98 Å². The molecule has 3 rings (SSSR count). The summed E-state index contributed by atoms with van der Waals surface area (Å²) in [4.78, 5) is 14.2. The Hall–Kier alpha value is -3.10. The lowest BCUT2D eigenvalue weighted by Crippen LogP contribution is -2.46. The number of hydrogen-bond acceptors (Lipinski definition) is 8. The fourth-order valence-electron chi connectivity index (χ4n) is 6.63. The molecule has 2 aromatic rings. The zero-order valence-corrected chi connectivity index (χ0v) is 32.9. The van der Waals surface area contributed by atoms with Crippen LogP contribution in [-0.4, -0.2) is 98.0 Å². The quantitative estimate of drug-likeness (QED) is 0.0617. The van der Waals surface area contributed by atoms with Crippen molar-refractivity contribution >= 4 is 12.4 Å². The molecule has 1 aliphatic heterocycles. The van der Waals surface area contributed by atoms with E-state index in [1.807, 2.05) is 24.3 Å². The van der Waals surface area contributed by atoms with E-state index < -0.39 is 0 Å². The highest BCUT2D eigenvalue weighted by atomic mass is 16.5. The van der Waals surface area contributed by atoms with E-state index in [-0.39, 0.29) is 11.5 Å². The summed E-state index contributed by atoms with van der Waals surface area (Å²) in [6.45, 7) is 13.8. The predicted octanol–water partition coefficient (Wildman–Crippen LogP) is 10.1. The molecule has 8 heteroatoms. The van der Waals surface area contributed by atoms with Crippen molar-refractivity contribution in [1.29, 1.82) is 0 Å². The summed E-state index contributed by atoms with van der Waals surface area (Å²) >= 11 is 0. The first-order valence-corrected chi connectivity index (χ1v) is 20.9. The first kappa shape index (κ1) is 43.3. The van der Waals surface area contributed by atoms with Gasteiger partial charge >= 0.3 is 0 Å². The number of benzene rings is 2. The third-order valence-corrected chi connectivity index (χ3v) is 9.99. The second kappa shape index (κ2) is 28.4. The van der Waals surface area contributed by atoms with Crippen LogP contribution >= 0.6 is 0 Å². The van der Waals surface area contributed by atoms with E-state index in [0.29, 0.717) is 13.2 Å². The maximum absolute atomic E-state index is 10.4. The van der Waals surface area contributed by atoms with Crippen molar-refractivity contribution in [3.05, 3.63) is 47.5 Å². The number of hydrogen-bond donors (Lipinski definition) is 2. The van der Waals surface area contributed by atoms with Gasteiger partial charge in [-0.2, -0.15) is 0 Å². The van der Waals surface area contributed by atoms with Crippen molar-refractivity contribution in [2.24, 2.45) is 9.98 Å². The molecule has 0 amide bonds. The van der Waals surface area contributed by atoms with E-state index >= 15 is 0 Å². The third-order valence-electron chi connectivity index (χ3n) is 9.99. The number of nitrogens with zero attached hydrogens (tertiary/aromatic N) is 4. The van der Waals surface area contributed by atoms with Gasteiger partial charge < -0.3 is 29.5 Å². The van der Waals surface area contributed by atoms with Crippen molar-refractivity contribution in [1.82, 2.24) is 9.80 Å². The fraction of sp³-hybridized carbons (Fsp3) is 0.682. The normalized spacial score (nSPS) is 14.2. The Bertz CT molecular complexity index is 1150. The molecular weight excluding hydrogens is 649 g/mol. The average Bonchev–Trinajstić information content (AvgIpc) is 3.15. The molecule has 0 aliphatic carbocycles. The van der Waals surface area contributed by atoms with Crippen LogP contribution in [0, 0.1) is 0 Å². The van der Waals surface area contributed by atoms with Crippen LogP contribution in [-0.2, 0) is 0 Å². The maximum Gasteiger partial charge on any atom is 0.128 e. The topological polar surface area (TPSA) is 90.1 Å². The molecule has 1 saturated heterocycles. The highest BCUT2D eigenvalue weighted by molar-refractivity contribution is 5.84. The number of rotatable bonds is 30. The predicted molar refractivity (Wildman–Crippen MR) is 219 cm³/mol. The number of unbranched alkanes of at least 4 members (excludes halogenated alkanes) is 14. The van der Waals surface area contributed by atoms with E-state index in [9.17, 15) is 10.2 Å². The van der Waals surface area contributed by atoms with Gasteiger partial charge in [0.05, 0.1) is 13.2 Å². The summed E-state index contributed by atoms with van der Waals surface area (Å²) in [5.74, 6) is 1.89. The van der Waals surface area contributed by atoms with E-state index in [0.717, 1.165) is 101 Å². The summed E-state index contributed by atoms with van der Waals surface area (Å²) in [6.07, 6.45) is 26.0. The van der Waals surface area contributed by atoms with Crippen LogP contribution in [0.1, 0.15) is 141 Å². The van der Waals surface area contributed by atoms with Crippen molar-refractivity contribution in [2.45, 2.75) is 129 Å². The maximum atomic E-state index is 10.4.